The third-order valence-electron chi connectivity index (χ3n) is 3.68. The van der Waals surface area contributed by atoms with Crippen LogP contribution in [0.5, 0.6) is 5.75 Å². The molecule has 1 atom stereocenters. The van der Waals surface area contributed by atoms with Gasteiger partial charge in [0, 0.05) is 31.4 Å². The number of hydrogen-bond acceptors (Lipinski definition) is 4. The molecule has 1 aliphatic rings. The van der Waals surface area contributed by atoms with Gasteiger partial charge in [-0.3, -0.25) is 4.90 Å². The average molecular weight is 284 g/mol. The predicted octanol–water partition coefficient (Wildman–Crippen LogP) is 2.02. The molecule has 0 bridgehead atoms. The molecule has 21 heavy (non-hydrogen) atoms. The fourth-order valence-corrected chi connectivity index (χ4v) is 2.68. The Kier molecular flexibility index (Phi) is 4.08. The van der Waals surface area contributed by atoms with Crippen LogP contribution in [0.1, 0.15) is 11.1 Å². The Hall–Kier alpha value is -2.04. The van der Waals surface area contributed by atoms with Crippen LogP contribution < -0.4 is 10.5 Å². The molecule has 2 aromatic carbocycles. The Morgan fingerprint density at radius 2 is 1.81 bits per heavy atom. The molecule has 0 fully saturated rings. The van der Waals surface area contributed by atoms with E-state index < -0.39 is 6.10 Å². The fraction of sp³-hybridized carbons (Fsp3) is 0.294. The van der Waals surface area contributed by atoms with Gasteiger partial charge in [0.1, 0.15) is 18.5 Å². The standard InChI is InChI=1S/C17H20N2O2/c18-15-6-3-7-17(8-15)21-12-16(20)11-19-9-13-4-1-2-5-14(13)10-19/h1-8,16,20H,9-12,18H2. The molecular formula is C17H20N2O2. The van der Waals surface area contributed by atoms with Gasteiger partial charge >= 0.3 is 0 Å². The highest BCUT2D eigenvalue weighted by Crippen LogP contribution is 2.22. The second kappa shape index (κ2) is 6.16. The van der Waals surface area contributed by atoms with Crippen molar-refractivity contribution in [1.29, 1.82) is 0 Å². The summed E-state index contributed by atoms with van der Waals surface area (Å²) < 4.78 is 5.58. The number of benzene rings is 2. The molecule has 1 heterocycles. The lowest BCUT2D eigenvalue weighted by Crippen LogP contribution is -2.32. The van der Waals surface area contributed by atoms with Crippen molar-refractivity contribution < 1.29 is 9.84 Å². The number of nitrogens with two attached hydrogens (primary N) is 1. The van der Waals surface area contributed by atoms with Crippen LogP contribution in [0.3, 0.4) is 0 Å². The molecule has 1 aliphatic heterocycles. The minimum Gasteiger partial charge on any atom is -0.491 e. The summed E-state index contributed by atoms with van der Waals surface area (Å²) in [5, 5.41) is 10.1. The number of rotatable bonds is 5. The second-order valence-electron chi connectivity index (χ2n) is 5.48. The quantitative estimate of drug-likeness (QED) is 0.825. The Balaban J connectivity index is 1.48. The third kappa shape index (κ3) is 3.54. The van der Waals surface area contributed by atoms with Crippen LogP contribution in [0, 0.1) is 0 Å². The van der Waals surface area contributed by atoms with Gasteiger partial charge in [-0.1, -0.05) is 30.3 Å². The van der Waals surface area contributed by atoms with Crippen molar-refractivity contribution in [3.8, 4) is 5.75 Å². The Bertz CT molecular complexity index is 590. The lowest BCUT2D eigenvalue weighted by molar-refractivity contribution is 0.0673. The van der Waals surface area contributed by atoms with Crippen LogP contribution >= 0.6 is 0 Å². The Morgan fingerprint density at radius 1 is 1.10 bits per heavy atom. The molecule has 0 saturated heterocycles. The van der Waals surface area contributed by atoms with E-state index in [1.807, 2.05) is 18.2 Å². The van der Waals surface area contributed by atoms with Gasteiger partial charge in [-0.15, -0.1) is 0 Å². The van der Waals surface area contributed by atoms with Crippen molar-refractivity contribution in [1.82, 2.24) is 4.90 Å². The average Bonchev–Trinajstić information content (AvgIpc) is 2.87. The molecule has 2 aromatic rings. The maximum absolute atomic E-state index is 10.1. The van der Waals surface area contributed by atoms with Gasteiger partial charge in [0.2, 0.25) is 0 Å². The summed E-state index contributed by atoms with van der Waals surface area (Å²) in [6.07, 6.45) is -0.513. The molecular weight excluding hydrogens is 264 g/mol. The summed E-state index contributed by atoms with van der Waals surface area (Å²) in [6, 6.07) is 15.7. The molecule has 0 aromatic heterocycles. The number of aliphatic hydroxyl groups is 1. The van der Waals surface area contributed by atoms with Crippen molar-refractivity contribution in [3.05, 3.63) is 59.7 Å². The van der Waals surface area contributed by atoms with Crippen LogP contribution in [0.25, 0.3) is 0 Å². The van der Waals surface area contributed by atoms with Gasteiger partial charge in [0.05, 0.1) is 0 Å². The molecule has 0 radical (unpaired) electrons. The van der Waals surface area contributed by atoms with Crippen LogP contribution in [-0.2, 0) is 13.1 Å². The fourth-order valence-electron chi connectivity index (χ4n) is 2.68. The Labute approximate surface area is 124 Å². The predicted molar refractivity (Wildman–Crippen MR) is 82.9 cm³/mol. The van der Waals surface area contributed by atoms with Gasteiger partial charge < -0.3 is 15.6 Å². The number of aliphatic hydroxyl groups excluding tert-OH is 1. The lowest BCUT2D eigenvalue weighted by atomic mass is 10.1. The SMILES string of the molecule is Nc1cccc(OCC(O)CN2Cc3ccccc3C2)c1. The largest absolute Gasteiger partial charge is 0.491 e. The third-order valence-corrected chi connectivity index (χ3v) is 3.68. The van der Waals surface area contributed by atoms with E-state index in [1.165, 1.54) is 11.1 Å². The zero-order valence-electron chi connectivity index (χ0n) is 11.9. The summed E-state index contributed by atoms with van der Waals surface area (Å²) in [5.74, 6) is 0.693. The molecule has 110 valence electrons. The summed E-state index contributed by atoms with van der Waals surface area (Å²) in [6.45, 7) is 2.67. The van der Waals surface area contributed by atoms with E-state index in [-0.39, 0.29) is 6.61 Å². The van der Waals surface area contributed by atoms with Crippen molar-refractivity contribution in [3.63, 3.8) is 0 Å². The second-order valence-corrected chi connectivity index (χ2v) is 5.48. The summed E-state index contributed by atoms with van der Waals surface area (Å²) in [7, 11) is 0. The van der Waals surface area contributed by atoms with E-state index in [4.69, 9.17) is 10.5 Å². The van der Waals surface area contributed by atoms with E-state index in [0.717, 1.165) is 13.1 Å². The van der Waals surface area contributed by atoms with E-state index in [9.17, 15) is 5.11 Å². The zero-order valence-corrected chi connectivity index (χ0v) is 11.9. The molecule has 4 heteroatoms. The molecule has 4 nitrogen and oxygen atoms in total. The first-order chi connectivity index (χ1) is 10.2. The highest BCUT2D eigenvalue weighted by atomic mass is 16.5. The van der Waals surface area contributed by atoms with E-state index >= 15 is 0 Å². The smallest absolute Gasteiger partial charge is 0.121 e. The molecule has 0 saturated carbocycles. The zero-order chi connectivity index (χ0) is 14.7. The first-order valence-electron chi connectivity index (χ1n) is 7.16. The van der Waals surface area contributed by atoms with Crippen LogP contribution in [-0.4, -0.2) is 29.3 Å². The summed E-state index contributed by atoms with van der Waals surface area (Å²) in [5.41, 5.74) is 9.06. The van der Waals surface area contributed by atoms with E-state index in [1.54, 1.807) is 6.07 Å². The maximum atomic E-state index is 10.1. The van der Waals surface area contributed by atoms with Crippen LogP contribution in [0.15, 0.2) is 48.5 Å². The monoisotopic (exact) mass is 284 g/mol. The molecule has 0 spiro atoms. The van der Waals surface area contributed by atoms with Gasteiger partial charge in [0.15, 0.2) is 0 Å². The number of β-amino-alcohol motifs (C(OH)–C–C–N with tert-alkyl or cyclic N) is 1. The van der Waals surface area contributed by atoms with Crippen LogP contribution in [0.2, 0.25) is 0 Å². The molecule has 3 rings (SSSR count). The first kappa shape index (κ1) is 13.9. The van der Waals surface area contributed by atoms with Crippen molar-refractivity contribution in [2.24, 2.45) is 0 Å². The normalized spacial score (nSPS) is 15.7. The highest BCUT2D eigenvalue weighted by molar-refractivity contribution is 5.43. The van der Waals surface area contributed by atoms with Crippen molar-refractivity contribution in [2.75, 3.05) is 18.9 Å². The number of nitrogen functional groups attached to an aromatic ring is 1. The number of nitrogens with zero attached hydrogens (tertiary/aromatic N) is 1. The molecule has 0 amide bonds. The van der Waals surface area contributed by atoms with Crippen LogP contribution in [0.4, 0.5) is 5.69 Å². The first-order valence-corrected chi connectivity index (χ1v) is 7.16. The summed E-state index contributed by atoms with van der Waals surface area (Å²) in [4.78, 5) is 2.23. The van der Waals surface area contributed by atoms with Gasteiger partial charge in [0.25, 0.3) is 0 Å². The number of fused-ring (bicyclic) bond motifs is 1. The van der Waals surface area contributed by atoms with E-state index in [0.29, 0.717) is 18.0 Å². The Morgan fingerprint density at radius 3 is 2.48 bits per heavy atom. The van der Waals surface area contributed by atoms with Gasteiger partial charge in [-0.2, -0.15) is 0 Å². The summed E-state index contributed by atoms with van der Waals surface area (Å²) >= 11 is 0. The van der Waals surface area contributed by atoms with Gasteiger partial charge in [-0.25, -0.2) is 0 Å². The number of ether oxygens (including phenoxy) is 1. The van der Waals surface area contributed by atoms with E-state index in [2.05, 4.69) is 29.2 Å². The number of hydrogen-bond donors (Lipinski definition) is 2. The maximum Gasteiger partial charge on any atom is 0.121 e. The number of anilines is 1. The van der Waals surface area contributed by atoms with Gasteiger partial charge in [-0.05, 0) is 23.3 Å². The topological polar surface area (TPSA) is 58.7 Å². The van der Waals surface area contributed by atoms with Crippen molar-refractivity contribution >= 4 is 5.69 Å². The molecule has 3 N–H and O–H groups in total. The minimum atomic E-state index is -0.513. The van der Waals surface area contributed by atoms with Crippen molar-refractivity contribution in [2.45, 2.75) is 19.2 Å². The highest BCUT2D eigenvalue weighted by Gasteiger charge is 2.20. The molecule has 0 aliphatic carbocycles. The lowest BCUT2D eigenvalue weighted by Gasteiger charge is -2.19. The minimum absolute atomic E-state index is 0.274. The molecule has 1 unspecified atom stereocenters.